The Morgan fingerprint density at radius 2 is 2.09 bits per heavy atom. The number of ether oxygens (including phenoxy) is 1. The van der Waals surface area contributed by atoms with Gasteiger partial charge in [-0.2, -0.15) is 0 Å². The number of aryl methyl sites for hydroxylation is 1. The fourth-order valence-corrected chi connectivity index (χ4v) is 2.67. The molecule has 0 amide bonds. The van der Waals surface area contributed by atoms with Gasteiger partial charge in [0, 0.05) is 0 Å². The molecule has 1 rings (SSSR count). The SMILES string of the molecule is COc1cc(C)c[c]([Mg][Br])c1. The molecule has 1 nitrogen and oxygen atoms in total. The summed E-state index contributed by atoms with van der Waals surface area (Å²) in [4.78, 5) is 0. The number of hydrogen-bond acceptors (Lipinski definition) is 1. The highest BCUT2D eigenvalue weighted by atomic mass is 79.9. The molecule has 0 heterocycles. The Morgan fingerprint density at radius 1 is 1.36 bits per heavy atom. The number of rotatable bonds is 2. The first-order chi connectivity index (χ1) is 5.26. The number of halogens is 1. The fraction of sp³-hybridized carbons (Fsp3) is 0.250. The molecule has 0 aromatic heterocycles. The van der Waals surface area contributed by atoms with Gasteiger partial charge in [0.15, 0.2) is 0 Å². The predicted octanol–water partition coefficient (Wildman–Crippen LogP) is 1.64. The van der Waals surface area contributed by atoms with Crippen molar-refractivity contribution in [3.63, 3.8) is 0 Å². The van der Waals surface area contributed by atoms with Crippen molar-refractivity contribution >= 4 is 34.8 Å². The Morgan fingerprint density at radius 3 is 2.64 bits per heavy atom. The molecule has 1 aromatic rings. The summed E-state index contributed by atoms with van der Waals surface area (Å²) >= 11 is 3.31. The lowest BCUT2D eigenvalue weighted by atomic mass is 10.2. The molecular formula is C8H9BrMgO. The first-order valence-electron chi connectivity index (χ1n) is 3.47. The van der Waals surface area contributed by atoms with Gasteiger partial charge < -0.3 is 4.74 Å². The highest BCUT2D eigenvalue weighted by Crippen LogP contribution is 2.09. The maximum Gasteiger partial charge on any atom is 0.507 e. The maximum absolute atomic E-state index is 5.14. The van der Waals surface area contributed by atoms with Gasteiger partial charge in [0.2, 0.25) is 0 Å². The third-order valence-corrected chi connectivity index (χ3v) is 4.16. The van der Waals surface area contributed by atoms with Gasteiger partial charge in [0.25, 0.3) is 0 Å². The van der Waals surface area contributed by atoms with Crippen molar-refractivity contribution in [3.05, 3.63) is 23.8 Å². The summed E-state index contributed by atoms with van der Waals surface area (Å²) in [5.74, 6) is 0.965. The summed E-state index contributed by atoms with van der Waals surface area (Å²) in [7, 11) is 1.70. The normalized spacial score (nSPS) is 9.00. The fourth-order valence-electron chi connectivity index (χ4n) is 1.02. The minimum atomic E-state index is -0.228. The van der Waals surface area contributed by atoms with E-state index in [1.54, 1.807) is 7.11 Å². The summed E-state index contributed by atoms with van der Waals surface area (Å²) in [6.45, 7) is 2.09. The van der Waals surface area contributed by atoms with Crippen molar-refractivity contribution in [1.82, 2.24) is 0 Å². The van der Waals surface area contributed by atoms with E-state index < -0.39 is 0 Å². The van der Waals surface area contributed by atoms with E-state index >= 15 is 0 Å². The molecule has 0 aliphatic heterocycles. The lowest BCUT2D eigenvalue weighted by Crippen LogP contribution is -2.08. The van der Waals surface area contributed by atoms with Crippen LogP contribution >= 0.6 is 12.9 Å². The second kappa shape index (κ2) is 4.33. The van der Waals surface area contributed by atoms with E-state index in [9.17, 15) is 0 Å². The highest BCUT2D eigenvalue weighted by molar-refractivity contribution is 9.23. The molecule has 0 aliphatic carbocycles. The van der Waals surface area contributed by atoms with E-state index in [0.717, 1.165) is 5.75 Å². The Bertz CT molecular complexity index is 228. The van der Waals surface area contributed by atoms with Gasteiger partial charge in [-0.05, 0) is 24.6 Å². The molecule has 0 saturated heterocycles. The molecule has 0 aliphatic rings. The molecule has 3 heteroatoms. The van der Waals surface area contributed by atoms with E-state index in [4.69, 9.17) is 4.74 Å². The van der Waals surface area contributed by atoms with Gasteiger partial charge in [-0.1, -0.05) is 6.07 Å². The Kier molecular flexibility index (Phi) is 3.68. The topological polar surface area (TPSA) is 9.23 Å². The van der Waals surface area contributed by atoms with Gasteiger partial charge in [0.1, 0.15) is 5.75 Å². The average molecular weight is 225 g/mol. The van der Waals surface area contributed by atoms with Crippen LogP contribution in [0.15, 0.2) is 18.2 Å². The van der Waals surface area contributed by atoms with Crippen LogP contribution in [0.4, 0.5) is 0 Å². The Labute approximate surface area is 82.7 Å². The smallest absolute Gasteiger partial charge is 0.497 e. The molecule has 1 aromatic carbocycles. The summed E-state index contributed by atoms with van der Waals surface area (Å²) in [5, 5.41) is 0. The monoisotopic (exact) mass is 224 g/mol. The zero-order valence-electron chi connectivity index (χ0n) is 6.73. The van der Waals surface area contributed by atoms with Crippen LogP contribution in [0, 0.1) is 6.92 Å². The van der Waals surface area contributed by atoms with E-state index in [-0.39, 0.29) is 18.2 Å². The van der Waals surface area contributed by atoms with E-state index in [1.807, 2.05) is 6.07 Å². The largest absolute Gasteiger partial charge is 0.507 e. The standard InChI is InChI=1S/C8H9O.BrH.Mg/c1-7-4-3-5-8(6-7)9-2;;/h4-6H,1-2H3;1H;/q;;+1/p-1. The average Bonchev–Trinajstić information content (AvgIpc) is 2.03. The molecule has 56 valence electrons. The summed E-state index contributed by atoms with van der Waals surface area (Å²) in [6, 6.07) is 6.33. The summed E-state index contributed by atoms with van der Waals surface area (Å²) < 4.78 is 6.53. The van der Waals surface area contributed by atoms with Gasteiger partial charge in [-0.3, -0.25) is 12.9 Å². The van der Waals surface area contributed by atoms with Crippen molar-refractivity contribution < 1.29 is 4.74 Å². The quantitative estimate of drug-likeness (QED) is 0.695. The van der Waals surface area contributed by atoms with E-state index in [1.165, 1.54) is 9.26 Å². The second-order valence-corrected chi connectivity index (χ2v) is 5.26. The Hall–Kier alpha value is 0.266. The van der Waals surface area contributed by atoms with Crippen molar-refractivity contribution in [2.75, 3.05) is 7.11 Å². The lowest BCUT2D eigenvalue weighted by molar-refractivity contribution is 0.415. The highest BCUT2D eigenvalue weighted by Gasteiger charge is 1.98. The molecule has 0 unspecified atom stereocenters. The van der Waals surface area contributed by atoms with E-state index in [0.29, 0.717) is 0 Å². The van der Waals surface area contributed by atoms with Crippen molar-refractivity contribution in [1.29, 1.82) is 0 Å². The molecule has 0 atom stereocenters. The second-order valence-electron chi connectivity index (χ2n) is 2.49. The van der Waals surface area contributed by atoms with Crippen LogP contribution in [0.2, 0.25) is 0 Å². The first kappa shape index (κ1) is 9.35. The minimum absolute atomic E-state index is 0.228. The molecular weight excluding hydrogens is 216 g/mol. The molecule has 0 saturated carbocycles. The first-order valence-corrected chi connectivity index (χ1v) is 8.07. The van der Waals surface area contributed by atoms with Crippen molar-refractivity contribution in [2.45, 2.75) is 6.92 Å². The van der Waals surface area contributed by atoms with Gasteiger partial charge in [0.05, 0.1) is 7.11 Å². The zero-order valence-corrected chi connectivity index (χ0v) is 9.73. The van der Waals surface area contributed by atoms with Gasteiger partial charge in [-0.25, -0.2) is 0 Å². The van der Waals surface area contributed by atoms with Crippen LogP contribution in [-0.4, -0.2) is 25.3 Å². The molecule has 0 N–H and O–H groups in total. The van der Waals surface area contributed by atoms with Gasteiger partial charge >= 0.3 is 18.2 Å². The molecule has 0 radical (unpaired) electrons. The minimum Gasteiger partial charge on any atom is -0.497 e. The number of benzene rings is 1. The van der Waals surface area contributed by atoms with Crippen LogP contribution < -0.4 is 8.43 Å². The molecule has 0 spiro atoms. The maximum atomic E-state index is 5.14. The third-order valence-electron chi connectivity index (χ3n) is 1.50. The molecule has 11 heavy (non-hydrogen) atoms. The molecule has 0 fully saturated rings. The lowest BCUT2D eigenvalue weighted by Gasteiger charge is -2.03. The Balaban J connectivity index is 3.02. The third kappa shape index (κ3) is 2.65. The van der Waals surface area contributed by atoms with E-state index in [2.05, 4.69) is 31.9 Å². The van der Waals surface area contributed by atoms with Crippen molar-refractivity contribution in [3.8, 4) is 5.75 Å². The summed E-state index contributed by atoms with van der Waals surface area (Å²) in [6.07, 6.45) is 0. The number of hydrogen-bond donors (Lipinski definition) is 0. The van der Waals surface area contributed by atoms with Crippen LogP contribution in [0.5, 0.6) is 5.75 Å². The summed E-state index contributed by atoms with van der Waals surface area (Å²) in [5.41, 5.74) is 1.27. The van der Waals surface area contributed by atoms with Crippen LogP contribution in [-0.2, 0) is 0 Å². The van der Waals surface area contributed by atoms with Crippen LogP contribution in [0.3, 0.4) is 0 Å². The predicted molar refractivity (Wildman–Crippen MR) is 52.0 cm³/mol. The number of methoxy groups -OCH3 is 1. The van der Waals surface area contributed by atoms with Crippen LogP contribution in [0.25, 0.3) is 0 Å². The van der Waals surface area contributed by atoms with Crippen LogP contribution in [0.1, 0.15) is 5.56 Å². The molecule has 0 bridgehead atoms. The van der Waals surface area contributed by atoms with Crippen molar-refractivity contribution in [2.24, 2.45) is 0 Å². The zero-order chi connectivity index (χ0) is 8.27. The van der Waals surface area contributed by atoms with Gasteiger partial charge in [-0.15, -0.1) is 3.69 Å².